The molecule has 0 spiro atoms. The van der Waals surface area contributed by atoms with Gasteiger partial charge in [-0.05, 0) is 44.2 Å². The van der Waals surface area contributed by atoms with Crippen molar-refractivity contribution >= 4 is 61.9 Å². The molecule has 0 unspecified atom stereocenters. The monoisotopic (exact) mass is 428 g/mol. The van der Waals surface area contributed by atoms with Gasteiger partial charge in [0, 0.05) is 15.1 Å². The normalized spacial score (nSPS) is 11.6. The van der Waals surface area contributed by atoms with E-state index in [4.69, 9.17) is 23.2 Å². The lowest BCUT2D eigenvalue weighted by molar-refractivity contribution is 0.0944. The Morgan fingerprint density at radius 3 is 2.50 bits per heavy atom. The fraction of sp³-hybridized carbons (Fsp3) is 0.100. The first-order valence-electron chi connectivity index (χ1n) is 8.41. The van der Waals surface area contributed by atoms with Gasteiger partial charge in [0.05, 0.1) is 22.6 Å². The Labute approximate surface area is 175 Å². The van der Waals surface area contributed by atoms with Gasteiger partial charge >= 0.3 is 0 Å². The van der Waals surface area contributed by atoms with E-state index in [0.717, 1.165) is 10.1 Å². The number of azo groups is 1. The summed E-state index contributed by atoms with van der Waals surface area (Å²) in [6, 6.07) is 14.6. The van der Waals surface area contributed by atoms with Crippen LogP contribution in [0.4, 0.5) is 11.4 Å². The fourth-order valence-corrected chi connectivity index (χ4v) is 4.39. The summed E-state index contributed by atoms with van der Waals surface area (Å²) in [4.78, 5) is 13.2. The molecule has 0 bridgehead atoms. The van der Waals surface area contributed by atoms with Gasteiger partial charge in [0.1, 0.15) is 10.0 Å². The van der Waals surface area contributed by atoms with E-state index in [-0.39, 0.29) is 5.91 Å². The molecule has 4 aromatic rings. The first-order chi connectivity index (χ1) is 13.5. The van der Waals surface area contributed by atoms with Crippen molar-refractivity contribution in [3.63, 3.8) is 0 Å². The lowest BCUT2D eigenvalue weighted by atomic mass is 10.1. The summed E-state index contributed by atoms with van der Waals surface area (Å²) in [5.74, 6) is -0.281. The first-order valence-corrected chi connectivity index (χ1v) is 9.98. The number of carbonyl (C=O) groups excluding carboxylic acids is 1. The fourth-order valence-electron chi connectivity index (χ4n) is 2.91. The predicted octanol–water partition coefficient (Wildman–Crippen LogP) is 7.13. The molecule has 2 heterocycles. The number of halogens is 2. The molecule has 0 fully saturated rings. The van der Waals surface area contributed by atoms with Crippen molar-refractivity contribution in [2.75, 3.05) is 0 Å². The van der Waals surface area contributed by atoms with Crippen LogP contribution in [0.3, 0.4) is 0 Å². The van der Waals surface area contributed by atoms with Crippen LogP contribution in [-0.4, -0.2) is 15.7 Å². The molecular weight excluding hydrogens is 415 g/mol. The van der Waals surface area contributed by atoms with Crippen LogP contribution in [0.15, 0.2) is 58.8 Å². The maximum atomic E-state index is 13.2. The SMILES string of the molecule is Cc1nn(C(=O)c2c(Cl)sc3ccccc23)c(C)c1N=Nc1ccc(Cl)cc1. The van der Waals surface area contributed by atoms with Crippen LogP contribution in [0.5, 0.6) is 0 Å². The van der Waals surface area contributed by atoms with Crippen molar-refractivity contribution in [1.82, 2.24) is 9.78 Å². The maximum absolute atomic E-state index is 13.2. The second-order valence-corrected chi connectivity index (χ2v) is 8.25. The van der Waals surface area contributed by atoms with E-state index in [0.29, 0.717) is 37.7 Å². The maximum Gasteiger partial charge on any atom is 0.281 e. The number of rotatable bonds is 3. The molecule has 0 saturated carbocycles. The van der Waals surface area contributed by atoms with Gasteiger partial charge in [-0.3, -0.25) is 4.79 Å². The third-order valence-corrected chi connectivity index (χ3v) is 5.94. The summed E-state index contributed by atoms with van der Waals surface area (Å²) in [7, 11) is 0. The van der Waals surface area contributed by atoms with Crippen molar-refractivity contribution in [1.29, 1.82) is 0 Å². The third-order valence-electron chi connectivity index (χ3n) is 4.30. The summed E-state index contributed by atoms with van der Waals surface area (Å²) in [5.41, 5.74) is 2.88. The average Bonchev–Trinajstić information content (AvgIpc) is 3.16. The molecule has 0 aliphatic carbocycles. The highest BCUT2D eigenvalue weighted by molar-refractivity contribution is 7.23. The van der Waals surface area contributed by atoms with Gasteiger partial charge in [0.2, 0.25) is 0 Å². The topological polar surface area (TPSA) is 59.6 Å². The van der Waals surface area contributed by atoms with Gasteiger partial charge < -0.3 is 0 Å². The zero-order valence-corrected chi connectivity index (χ0v) is 17.3. The lowest BCUT2D eigenvalue weighted by Crippen LogP contribution is -2.15. The summed E-state index contributed by atoms with van der Waals surface area (Å²) in [5, 5.41) is 14.3. The summed E-state index contributed by atoms with van der Waals surface area (Å²) < 4.78 is 2.74. The van der Waals surface area contributed by atoms with Crippen LogP contribution >= 0.6 is 34.5 Å². The Bertz CT molecular complexity index is 1230. The highest BCUT2D eigenvalue weighted by atomic mass is 35.5. The molecule has 8 heteroatoms. The first kappa shape index (κ1) is 18.8. The van der Waals surface area contributed by atoms with Crippen LogP contribution in [0, 0.1) is 13.8 Å². The number of aryl methyl sites for hydroxylation is 1. The number of fused-ring (bicyclic) bond motifs is 1. The van der Waals surface area contributed by atoms with Gasteiger partial charge in [-0.1, -0.05) is 41.4 Å². The molecule has 0 aliphatic heterocycles. The predicted molar refractivity (Wildman–Crippen MR) is 114 cm³/mol. The molecule has 0 amide bonds. The highest BCUT2D eigenvalue weighted by Gasteiger charge is 2.23. The Morgan fingerprint density at radius 1 is 1.04 bits per heavy atom. The molecule has 0 atom stereocenters. The van der Waals surface area contributed by atoms with Crippen LogP contribution in [0.25, 0.3) is 10.1 Å². The molecule has 4 rings (SSSR count). The molecule has 5 nitrogen and oxygen atoms in total. The van der Waals surface area contributed by atoms with Gasteiger partial charge in [-0.15, -0.1) is 16.5 Å². The van der Waals surface area contributed by atoms with Crippen LogP contribution < -0.4 is 0 Å². The molecule has 28 heavy (non-hydrogen) atoms. The molecule has 140 valence electrons. The number of hydrogen-bond acceptors (Lipinski definition) is 5. The largest absolute Gasteiger partial charge is 0.281 e. The second-order valence-electron chi connectivity index (χ2n) is 6.16. The van der Waals surface area contributed by atoms with E-state index in [1.54, 1.807) is 38.1 Å². The van der Waals surface area contributed by atoms with Crippen molar-refractivity contribution in [2.45, 2.75) is 13.8 Å². The quantitative estimate of drug-likeness (QED) is 0.326. The summed E-state index contributed by atoms with van der Waals surface area (Å²) >= 11 is 13.6. The van der Waals surface area contributed by atoms with Gasteiger partial charge in [-0.2, -0.15) is 14.9 Å². The molecule has 2 aromatic carbocycles. The number of aromatic nitrogens is 2. The molecule has 2 aromatic heterocycles. The molecular formula is C20H14Cl2N4OS. The Morgan fingerprint density at radius 2 is 1.75 bits per heavy atom. The van der Waals surface area contributed by atoms with Crippen molar-refractivity contribution in [3.05, 3.63) is 74.8 Å². The number of carbonyl (C=O) groups is 1. The Hall–Kier alpha value is -2.54. The Kier molecular flexibility index (Phi) is 5.02. The number of nitrogens with zero attached hydrogens (tertiary/aromatic N) is 4. The number of benzene rings is 2. The van der Waals surface area contributed by atoms with Crippen LogP contribution in [-0.2, 0) is 0 Å². The zero-order valence-electron chi connectivity index (χ0n) is 15.0. The third kappa shape index (κ3) is 3.35. The summed E-state index contributed by atoms with van der Waals surface area (Å²) in [6.07, 6.45) is 0. The minimum atomic E-state index is -0.281. The minimum absolute atomic E-state index is 0.281. The molecule has 0 saturated heterocycles. The van der Waals surface area contributed by atoms with E-state index in [9.17, 15) is 4.79 Å². The van der Waals surface area contributed by atoms with E-state index in [1.807, 2.05) is 24.3 Å². The number of thiophene rings is 1. The Balaban J connectivity index is 1.73. The van der Waals surface area contributed by atoms with Crippen LogP contribution in [0.2, 0.25) is 9.36 Å². The van der Waals surface area contributed by atoms with E-state index < -0.39 is 0 Å². The lowest BCUT2D eigenvalue weighted by Gasteiger charge is -2.03. The standard InChI is InChI=1S/C20H14Cl2N4OS/c1-11-18(24-23-14-9-7-13(21)8-10-14)12(2)26(25-11)20(27)17-15-5-3-4-6-16(15)28-19(17)22/h3-10H,1-2H3. The van der Waals surface area contributed by atoms with Crippen molar-refractivity contribution in [2.24, 2.45) is 10.2 Å². The van der Waals surface area contributed by atoms with E-state index in [2.05, 4.69) is 15.3 Å². The zero-order chi connectivity index (χ0) is 19.8. The van der Waals surface area contributed by atoms with E-state index >= 15 is 0 Å². The average molecular weight is 429 g/mol. The van der Waals surface area contributed by atoms with Gasteiger partial charge in [0.25, 0.3) is 5.91 Å². The molecule has 0 aliphatic rings. The van der Waals surface area contributed by atoms with Gasteiger partial charge in [-0.25, -0.2) is 0 Å². The molecule has 0 radical (unpaired) electrons. The summed E-state index contributed by atoms with van der Waals surface area (Å²) in [6.45, 7) is 3.58. The second kappa shape index (κ2) is 7.47. The highest BCUT2D eigenvalue weighted by Crippen LogP contribution is 2.36. The smallest absolute Gasteiger partial charge is 0.267 e. The molecule has 0 N–H and O–H groups in total. The minimum Gasteiger partial charge on any atom is -0.267 e. The van der Waals surface area contributed by atoms with Crippen molar-refractivity contribution in [3.8, 4) is 0 Å². The van der Waals surface area contributed by atoms with Gasteiger partial charge in [0.15, 0.2) is 0 Å². The van der Waals surface area contributed by atoms with Crippen molar-refractivity contribution < 1.29 is 4.79 Å². The number of hydrogen-bond donors (Lipinski definition) is 0. The van der Waals surface area contributed by atoms with E-state index in [1.165, 1.54) is 16.0 Å². The van der Waals surface area contributed by atoms with Crippen LogP contribution in [0.1, 0.15) is 21.7 Å².